The summed E-state index contributed by atoms with van der Waals surface area (Å²) in [5, 5.41) is 0.834. The highest BCUT2D eigenvalue weighted by molar-refractivity contribution is 7.98. The zero-order valence-electron chi connectivity index (χ0n) is 18.5. The highest BCUT2D eigenvalue weighted by atomic mass is 32.2. The highest BCUT2D eigenvalue weighted by Gasteiger charge is 2.31. The normalized spacial score (nSPS) is 12.4. The number of fused-ring (bicyclic) bond motifs is 3. The number of benzene rings is 3. The molecule has 0 fully saturated rings. The monoisotopic (exact) mass is 535 g/mol. The number of rotatable bonds is 5. The first kappa shape index (κ1) is 24.8. The Kier molecular flexibility index (Phi) is 6.14. The van der Waals surface area contributed by atoms with Crippen LogP contribution in [0.2, 0.25) is 0 Å². The molecule has 0 unspecified atom stereocenters. The number of para-hydroxylation sites is 1. The molecule has 0 atom stereocenters. The van der Waals surface area contributed by atoms with Crippen LogP contribution >= 0.6 is 11.8 Å². The van der Waals surface area contributed by atoms with Gasteiger partial charge in [0.1, 0.15) is 16.8 Å². The first-order chi connectivity index (χ1) is 17.5. The van der Waals surface area contributed by atoms with Crippen LogP contribution in [-0.2, 0) is 11.9 Å². The van der Waals surface area contributed by atoms with Crippen molar-refractivity contribution in [2.75, 3.05) is 0 Å². The van der Waals surface area contributed by atoms with Gasteiger partial charge in [-0.25, -0.2) is 4.98 Å². The van der Waals surface area contributed by atoms with Gasteiger partial charge in [-0.05, 0) is 42.0 Å². The number of thioether (sulfide) groups is 1. The second-order valence-corrected chi connectivity index (χ2v) is 8.90. The maximum atomic E-state index is 13.5. The van der Waals surface area contributed by atoms with Gasteiger partial charge < -0.3 is 9.72 Å². The number of ether oxygens (including phenoxy) is 1. The third-order valence-corrected chi connectivity index (χ3v) is 6.45. The first-order valence-corrected chi connectivity index (χ1v) is 11.7. The van der Waals surface area contributed by atoms with Crippen molar-refractivity contribution in [1.82, 2.24) is 14.5 Å². The van der Waals surface area contributed by atoms with Crippen molar-refractivity contribution >= 4 is 33.7 Å². The molecule has 0 bridgehead atoms. The van der Waals surface area contributed by atoms with Gasteiger partial charge in [0, 0.05) is 16.7 Å². The Balaban J connectivity index is 1.60. The predicted octanol–water partition coefficient (Wildman–Crippen LogP) is 7.08. The maximum absolute atomic E-state index is 13.5. The van der Waals surface area contributed by atoms with Gasteiger partial charge in [-0.3, -0.25) is 9.36 Å². The van der Waals surface area contributed by atoms with Gasteiger partial charge in [0.15, 0.2) is 5.16 Å². The first-order valence-electron chi connectivity index (χ1n) is 10.7. The van der Waals surface area contributed by atoms with Gasteiger partial charge in [0.05, 0.1) is 11.3 Å². The topological polar surface area (TPSA) is 59.9 Å². The molecule has 1 N–H and O–H groups in total. The van der Waals surface area contributed by atoms with Crippen LogP contribution in [0.1, 0.15) is 11.1 Å². The van der Waals surface area contributed by atoms with Gasteiger partial charge in [-0.1, -0.05) is 48.2 Å². The van der Waals surface area contributed by atoms with Crippen LogP contribution in [0.15, 0.2) is 82.7 Å². The lowest BCUT2D eigenvalue weighted by molar-refractivity contribution is -0.274. The number of nitrogens with one attached hydrogen (secondary N) is 1. The molecule has 0 amide bonds. The van der Waals surface area contributed by atoms with Crippen molar-refractivity contribution in [1.29, 1.82) is 0 Å². The molecule has 0 spiro atoms. The number of aromatic amines is 1. The van der Waals surface area contributed by atoms with Crippen molar-refractivity contribution in [3.05, 3.63) is 94.3 Å². The van der Waals surface area contributed by atoms with Crippen molar-refractivity contribution in [2.45, 2.75) is 23.4 Å². The van der Waals surface area contributed by atoms with E-state index in [1.807, 2.05) is 0 Å². The van der Waals surface area contributed by atoms with Crippen LogP contribution in [0.5, 0.6) is 5.75 Å². The molecule has 0 saturated heterocycles. The molecule has 2 heterocycles. The van der Waals surface area contributed by atoms with Crippen molar-refractivity contribution in [3.8, 4) is 11.4 Å². The molecule has 5 rings (SSSR count). The zero-order chi connectivity index (χ0) is 26.4. The molecule has 0 radical (unpaired) electrons. The molecule has 3 aromatic carbocycles. The van der Waals surface area contributed by atoms with Gasteiger partial charge in [0.25, 0.3) is 5.56 Å². The molecule has 0 aliphatic carbocycles. The average molecular weight is 535 g/mol. The Labute approximate surface area is 208 Å². The third-order valence-electron chi connectivity index (χ3n) is 5.45. The summed E-state index contributed by atoms with van der Waals surface area (Å²) >= 11 is 1.03. The SMILES string of the molecule is O=c1c2[nH]c3ccccc3c2nc(SCc2cccc(C(F)(F)F)c2)n1-c1ccc(OC(F)(F)F)cc1. The lowest BCUT2D eigenvalue weighted by Crippen LogP contribution is -2.22. The van der Waals surface area contributed by atoms with E-state index in [4.69, 9.17) is 0 Å². The molecule has 190 valence electrons. The van der Waals surface area contributed by atoms with E-state index in [1.54, 1.807) is 24.3 Å². The minimum Gasteiger partial charge on any atom is -0.406 e. The number of hydrogen-bond donors (Lipinski definition) is 1. The molecule has 5 aromatic rings. The molecule has 0 saturated carbocycles. The van der Waals surface area contributed by atoms with E-state index in [0.717, 1.165) is 36.0 Å². The number of H-pyrrole nitrogens is 1. The van der Waals surface area contributed by atoms with E-state index in [0.29, 0.717) is 22.0 Å². The van der Waals surface area contributed by atoms with Gasteiger partial charge in [-0.2, -0.15) is 13.2 Å². The summed E-state index contributed by atoms with van der Waals surface area (Å²) in [6.07, 6.45) is -9.39. The fourth-order valence-electron chi connectivity index (χ4n) is 3.85. The molecule has 37 heavy (non-hydrogen) atoms. The third kappa shape index (κ3) is 5.15. The second kappa shape index (κ2) is 9.18. The Hall–Kier alpha value is -3.93. The molecule has 0 aliphatic rings. The van der Waals surface area contributed by atoms with E-state index in [1.165, 1.54) is 28.8 Å². The zero-order valence-corrected chi connectivity index (χ0v) is 19.3. The second-order valence-electron chi connectivity index (χ2n) is 7.96. The fourth-order valence-corrected chi connectivity index (χ4v) is 4.80. The van der Waals surface area contributed by atoms with Crippen LogP contribution in [-0.4, -0.2) is 20.9 Å². The standard InChI is InChI=1S/C25H15F6N3O2S/c26-24(27,28)15-5-3-4-14(12-15)13-37-23-33-20-18-6-1-2-7-19(18)32-21(20)22(35)34(23)16-8-10-17(11-9-16)36-25(29,30)31/h1-12,32H,13H2. The number of aromatic nitrogens is 3. The largest absolute Gasteiger partial charge is 0.573 e. The van der Waals surface area contributed by atoms with E-state index >= 15 is 0 Å². The van der Waals surface area contributed by atoms with Crippen LogP contribution in [0.3, 0.4) is 0 Å². The van der Waals surface area contributed by atoms with Gasteiger partial charge >= 0.3 is 12.5 Å². The van der Waals surface area contributed by atoms with Gasteiger partial charge in [-0.15, -0.1) is 13.2 Å². The Morgan fingerprint density at radius 3 is 2.35 bits per heavy atom. The average Bonchev–Trinajstić information content (AvgIpc) is 3.21. The molecule has 2 aromatic heterocycles. The lowest BCUT2D eigenvalue weighted by Gasteiger charge is -2.14. The summed E-state index contributed by atoms with van der Waals surface area (Å²) < 4.78 is 82.2. The summed E-state index contributed by atoms with van der Waals surface area (Å²) in [6, 6.07) is 16.6. The summed E-state index contributed by atoms with van der Waals surface area (Å²) in [4.78, 5) is 21.2. The van der Waals surface area contributed by atoms with Crippen molar-refractivity contribution in [3.63, 3.8) is 0 Å². The highest BCUT2D eigenvalue weighted by Crippen LogP contribution is 2.32. The molecule has 12 heteroatoms. The minimum atomic E-state index is -4.88. The lowest BCUT2D eigenvalue weighted by atomic mass is 10.1. The van der Waals surface area contributed by atoms with Crippen molar-refractivity contribution < 1.29 is 31.1 Å². The van der Waals surface area contributed by atoms with Crippen LogP contribution < -0.4 is 10.3 Å². The quantitative estimate of drug-likeness (QED) is 0.149. The van der Waals surface area contributed by atoms with Crippen LogP contribution in [0, 0.1) is 0 Å². The van der Waals surface area contributed by atoms with Crippen LogP contribution in [0.4, 0.5) is 26.3 Å². The molecule has 0 aliphatic heterocycles. The summed E-state index contributed by atoms with van der Waals surface area (Å²) in [6.45, 7) is 0. The summed E-state index contributed by atoms with van der Waals surface area (Å²) in [5.74, 6) is -0.415. The molecule has 5 nitrogen and oxygen atoms in total. The Bertz CT molecular complexity index is 1660. The van der Waals surface area contributed by atoms with E-state index < -0.39 is 29.4 Å². The summed E-state index contributed by atoms with van der Waals surface area (Å²) in [5.41, 5.74) is 0.455. The van der Waals surface area contributed by atoms with E-state index in [2.05, 4.69) is 14.7 Å². The molecular formula is C25H15F6N3O2S. The number of nitrogens with zero attached hydrogens (tertiary/aromatic N) is 2. The summed E-state index contributed by atoms with van der Waals surface area (Å²) in [7, 11) is 0. The minimum absolute atomic E-state index is 0.0551. The smallest absolute Gasteiger partial charge is 0.406 e. The van der Waals surface area contributed by atoms with Crippen molar-refractivity contribution in [2.24, 2.45) is 0 Å². The maximum Gasteiger partial charge on any atom is 0.573 e. The predicted molar refractivity (Wildman–Crippen MR) is 127 cm³/mol. The molecular weight excluding hydrogens is 520 g/mol. The Morgan fingerprint density at radius 2 is 1.65 bits per heavy atom. The Morgan fingerprint density at radius 1 is 0.919 bits per heavy atom. The fraction of sp³-hybridized carbons (Fsp3) is 0.120. The number of halogens is 6. The number of alkyl halides is 6. The van der Waals surface area contributed by atoms with E-state index in [9.17, 15) is 31.1 Å². The van der Waals surface area contributed by atoms with Gasteiger partial charge in [0.2, 0.25) is 0 Å². The van der Waals surface area contributed by atoms with Crippen LogP contribution in [0.25, 0.3) is 27.6 Å². The number of hydrogen-bond acceptors (Lipinski definition) is 4. The van der Waals surface area contributed by atoms with E-state index in [-0.39, 0.29) is 22.1 Å².